The van der Waals surface area contributed by atoms with Gasteiger partial charge in [0.25, 0.3) is 0 Å². The first kappa shape index (κ1) is 32.8. The van der Waals surface area contributed by atoms with E-state index in [4.69, 9.17) is 9.47 Å². The van der Waals surface area contributed by atoms with Gasteiger partial charge in [-0.2, -0.15) is 0 Å². The number of rotatable bonds is 11. The number of carbonyl (C=O) groups excluding carboxylic acids is 3. The van der Waals surface area contributed by atoms with E-state index in [9.17, 15) is 19.5 Å². The Hall–Kier alpha value is -2.72. The summed E-state index contributed by atoms with van der Waals surface area (Å²) in [5, 5.41) is 14.6. The van der Waals surface area contributed by atoms with Gasteiger partial charge in [-0.05, 0) is 70.4 Å². The number of likely N-dealkylation sites (tertiary alicyclic amines) is 1. The number of aromatic nitrogens is 1. The summed E-state index contributed by atoms with van der Waals surface area (Å²) < 4.78 is 11.2. The van der Waals surface area contributed by atoms with Gasteiger partial charge in [-0.25, -0.2) is 9.78 Å². The number of aliphatic hydroxyl groups is 1. The molecule has 10 heteroatoms. The lowest BCUT2D eigenvalue weighted by atomic mass is 9.84. The van der Waals surface area contributed by atoms with Gasteiger partial charge in [-0.15, -0.1) is 0 Å². The predicted octanol–water partition coefficient (Wildman–Crippen LogP) is 4.11. The zero-order valence-electron chi connectivity index (χ0n) is 26.1. The molecule has 0 radical (unpaired) electrons. The van der Waals surface area contributed by atoms with Crippen molar-refractivity contribution in [3.05, 3.63) is 23.9 Å². The molecule has 10 nitrogen and oxygen atoms in total. The molecule has 2 heterocycles. The normalized spacial score (nSPS) is 22.0. The molecule has 4 atom stereocenters. The van der Waals surface area contributed by atoms with Crippen molar-refractivity contribution in [3.63, 3.8) is 0 Å². The molecule has 0 bridgehead atoms. The van der Waals surface area contributed by atoms with Crippen LogP contribution in [0.5, 0.6) is 0 Å². The number of piperidine rings is 1. The number of pyridine rings is 1. The van der Waals surface area contributed by atoms with E-state index < -0.39 is 35.5 Å². The zero-order valence-corrected chi connectivity index (χ0v) is 26.1. The zero-order chi connectivity index (χ0) is 30.5. The molecule has 2 fully saturated rings. The van der Waals surface area contributed by atoms with Gasteiger partial charge < -0.3 is 24.8 Å². The van der Waals surface area contributed by atoms with Crippen molar-refractivity contribution in [1.29, 1.82) is 0 Å². The maximum atomic E-state index is 14.1. The molecule has 1 aliphatic carbocycles. The molecular formula is C31H50N4O6. The Morgan fingerprint density at radius 1 is 1.12 bits per heavy atom. The van der Waals surface area contributed by atoms with E-state index in [2.05, 4.69) is 38.0 Å². The van der Waals surface area contributed by atoms with Crippen LogP contribution in [0.2, 0.25) is 0 Å². The van der Waals surface area contributed by atoms with Crippen LogP contribution in [0.1, 0.15) is 86.1 Å². The number of nitrogens with one attached hydrogen (secondary N) is 1. The van der Waals surface area contributed by atoms with Crippen LogP contribution in [0.4, 0.5) is 10.6 Å². The molecule has 3 rings (SSSR count). The third kappa shape index (κ3) is 9.13. The van der Waals surface area contributed by atoms with Crippen LogP contribution < -0.4 is 10.2 Å². The fraction of sp³-hybridized carbons (Fsp3) is 0.742. The number of amides is 3. The highest BCUT2D eigenvalue weighted by Gasteiger charge is 2.49. The quantitative estimate of drug-likeness (QED) is 0.408. The summed E-state index contributed by atoms with van der Waals surface area (Å²) in [5.41, 5.74) is 0.303. The molecule has 1 aromatic rings. The lowest BCUT2D eigenvalue weighted by Gasteiger charge is -2.42. The van der Waals surface area contributed by atoms with E-state index in [1.165, 1.54) is 4.90 Å². The second-order valence-electron chi connectivity index (χ2n) is 13.1. The first-order valence-corrected chi connectivity index (χ1v) is 15.0. The Morgan fingerprint density at radius 2 is 1.78 bits per heavy atom. The number of hydrogen-bond donors (Lipinski definition) is 2. The smallest absolute Gasteiger partial charge is 0.410 e. The average molecular weight is 575 g/mol. The second-order valence-corrected chi connectivity index (χ2v) is 13.1. The molecule has 1 saturated carbocycles. The highest BCUT2D eigenvalue weighted by molar-refractivity contribution is 5.97. The summed E-state index contributed by atoms with van der Waals surface area (Å²) in [5.74, 6) is -1.67. The number of ether oxygens (including phenoxy) is 2. The highest BCUT2D eigenvalue weighted by Crippen LogP contribution is 2.35. The van der Waals surface area contributed by atoms with Gasteiger partial charge in [0.1, 0.15) is 11.4 Å². The van der Waals surface area contributed by atoms with E-state index >= 15 is 0 Å². The number of anilines is 1. The minimum Gasteiger partial charge on any atom is -0.444 e. The molecule has 0 unspecified atom stereocenters. The summed E-state index contributed by atoms with van der Waals surface area (Å²) in [6, 6.07) is 3.51. The SMILES string of the molecule is CCOC[C@@H](CC(C)C)NC(=O)[C@@H]1CN(C(=O)OC(C)(C)C)C[C@H](C(=O)N(c2ccc(C(C)C)cn2)C2CC2)[C@@H]1O. The molecular weight excluding hydrogens is 524 g/mol. The number of nitrogens with zero attached hydrogens (tertiary/aromatic N) is 3. The first-order chi connectivity index (χ1) is 19.2. The van der Waals surface area contributed by atoms with Gasteiger partial charge in [0.05, 0.1) is 30.6 Å². The molecule has 0 aromatic carbocycles. The molecule has 230 valence electrons. The van der Waals surface area contributed by atoms with Gasteiger partial charge in [-0.1, -0.05) is 33.8 Å². The highest BCUT2D eigenvalue weighted by atomic mass is 16.6. The summed E-state index contributed by atoms with van der Waals surface area (Å²) in [4.78, 5) is 48.6. The fourth-order valence-electron chi connectivity index (χ4n) is 5.16. The fourth-order valence-corrected chi connectivity index (χ4v) is 5.16. The Morgan fingerprint density at radius 3 is 2.29 bits per heavy atom. The Balaban J connectivity index is 1.90. The van der Waals surface area contributed by atoms with E-state index in [0.717, 1.165) is 18.4 Å². The lowest BCUT2D eigenvalue weighted by molar-refractivity contribution is -0.141. The monoisotopic (exact) mass is 574 g/mol. The summed E-state index contributed by atoms with van der Waals surface area (Å²) in [6.07, 6.45) is 2.22. The predicted molar refractivity (Wildman–Crippen MR) is 158 cm³/mol. The standard InChI is InChI=1S/C31H50N4O6/c1-9-40-18-22(14-19(2)3)33-28(37)24-16-34(30(39)41-31(6,7)8)17-25(27(24)36)29(38)35(23-11-12-23)26-13-10-21(15-32-26)20(4)5/h10,13,15,19-20,22-25,27,36H,9,11-12,14,16-18H2,1-8H3,(H,33,37)/t22-,24-,25+,27-/m1/s1. The third-order valence-electron chi connectivity index (χ3n) is 7.42. The van der Waals surface area contributed by atoms with Crippen molar-refractivity contribution in [2.24, 2.45) is 17.8 Å². The van der Waals surface area contributed by atoms with E-state index in [0.29, 0.717) is 37.3 Å². The summed E-state index contributed by atoms with van der Waals surface area (Å²) >= 11 is 0. The van der Waals surface area contributed by atoms with Gasteiger partial charge in [0.2, 0.25) is 11.8 Å². The van der Waals surface area contributed by atoms with Gasteiger partial charge in [0, 0.05) is 31.9 Å². The van der Waals surface area contributed by atoms with Crippen LogP contribution in [0.15, 0.2) is 18.3 Å². The molecule has 1 saturated heterocycles. The summed E-state index contributed by atoms with van der Waals surface area (Å²) in [6.45, 7) is 16.2. The maximum absolute atomic E-state index is 14.1. The van der Waals surface area contributed by atoms with E-state index in [-0.39, 0.29) is 31.1 Å². The van der Waals surface area contributed by atoms with Crippen LogP contribution in [-0.4, -0.2) is 83.0 Å². The lowest BCUT2D eigenvalue weighted by Crippen LogP contribution is -2.61. The maximum Gasteiger partial charge on any atom is 0.410 e. The van der Waals surface area contributed by atoms with Crippen molar-refractivity contribution in [2.45, 2.75) is 104 Å². The second kappa shape index (κ2) is 14.0. The van der Waals surface area contributed by atoms with Crippen LogP contribution in [0.25, 0.3) is 0 Å². The molecule has 1 aliphatic heterocycles. The van der Waals surface area contributed by atoms with E-state index in [1.807, 2.05) is 19.1 Å². The molecule has 0 spiro atoms. The Bertz CT molecular complexity index is 1030. The van der Waals surface area contributed by atoms with Crippen molar-refractivity contribution >= 4 is 23.7 Å². The minimum atomic E-state index is -1.29. The topological polar surface area (TPSA) is 121 Å². The molecule has 2 N–H and O–H groups in total. The van der Waals surface area contributed by atoms with Crippen molar-refractivity contribution in [1.82, 2.24) is 15.2 Å². The Kier molecular flexibility index (Phi) is 11.2. The van der Waals surface area contributed by atoms with Crippen LogP contribution >= 0.6 is 0 Å². The van der Waals surface area contributed by atoms with Crippen LogP contribution in [0, 0.1) is 17.8 Å². The number of aliphatic hydroxyl groups excluding tert-OH is 1. The van der Waals surface area contributed by atoms with Crippen molar-refractivity contribution in [2.75, 3.05) is 31.2 Å². The van der Waals surface area contributed by atoms with Gasteiger partial charge >= 0.3 is 6.09 Å². The Labute approximate surface area is 245 Å². The first-order valence-electron chi connectivity index (χ1n) is 15.0. The van der Waals surface area contributed by atoms with Crippen LogP contribution in [0.3, 0.4) is 0 Å². The molecule has 3 amide bonds. The number of carbonyl (C=O) groups is 3. The molecule has 41 heavy (non-hydrogen) atoms. The summed E-state index contributed by atoms with van der Waals surface area (Å²) in [7, 11) is 0. The molecule has 1 aromatic heterocycles. The average Bonchev–Trinajstić information content (AvgIpc) is 3.71. The largest absolute Gasteiger partial charge is 0.444 e. The van der Waals surface area contributed by atoms with E-state index in [1.54, 1.807) is 31.9 Å². The van der Waals surface area contributed by atoms with Crippen molar-refractivity contribution in [3.8, 4) is 0 Å². The molecule has 2 aliphatic rings. The third-order valence-corrected chi connectivity index (χ3v) is 7.42. The van der Waals surface area contributed by atoms with Gasteiger partial charge in [-0.3, -0.25) is 14.5 Å². The van der Waals surface area contributed by atoms with Crippen molar-refractivity contribution < 1.29 is 29.0 Å². The van der Waals surface area contributed by atoms with Crippen LogP contribution in [-0.2, 0) is 19.1 Å². The number of hydrogen-bond acceptors (Lipinski definition) is 7. The van der Waals surface area contributed by atoms with Gasteiger partial charge in [0.15, 0.2) is 0 Å². The minimum absolute atomic E-state index is 0.0297.